The Kier molecular flexibility index (Phi) is 3.97. The standard InChI is InChI=1S/C19H21FN2O4/c1-9-3-6-12-13(7-22-8-14(20)17(23)21-19(22)25)18(24)26-16(12)15-10(2)4-5-11(9)15/h8,11-13,15-16H,1-7H2,(H,21,23,25)/t11?,12-,13-,15-,16-/m0/s1. The van der Waals surface area contributed by atoms with E-state index in [0.717, 1.165) is 42.0 Å². The van der Waals surface area contributed by atoms with Crippen LogP contribution in [-0.4, -0.2) is 21.6 Å². The first-order valence-electron chi connectivity index (χ1n) is 8.92. The summed E-state index contributed by atoms with van der Waals surface area (Å²) in [5.74, 6) is -1.69. The third-order valence-corrected chi connectivity index (χ3v) is 6.21. The van der Waals surface area contributed by atoms with Crippen molar-refractivity contribution < 1.29 is 13.9 Å². The Balaban J connectivity index is 1.66. The quantitative estimate of drug-likeness (QED) is 0.644. The van der Waals surface area contributed by atoms with E-state index in [2.05, 4.69) is 13.2 Å². The summed E-state index contributed by atoms with van der Waals surface area (Å²) in [6.07, 6.45) is 4.02. The SMILES string of the molecule is C=C1CC[C@@H]2[C@H](OC(=O)[C@H]2Cn2cc(F)c(=O)[nH]c2=O)[C@H]2C(=C)CCC12. The van der Waals surface area contributed by atoms with E-state index in [4.69, 9.17) is 4.74 Å². The molecular formula is C19H21FN2O4. The highest BCUT2D eigenvalue weighted by molar-refractivity contribution is 5.75. The maximum atomic E-state index is 13.6. The summed E-state index contributed by atoms with van der Waals surface area (Å²) >= 11 is 0. The molecule has 1 aliphatic heterocycles. The summed E-state index contributed by atoms with van der Waals surface area (Å²) in [7, 11) is 0. The summed E-state index contributed by atoms with van der Waals surface area (Å²) < 4.78 is 20.3. The van der Waals surface area contributed by atoms with E-state index >= 15 is 0 Å². The molecule has 4 rings (SSSR count). The molecule has 1 unspecified atom stereocenters. The van der Waals surface area contributed by atoms with Crippen molar-refractivity contribution in [2.45, 2.75) is 38.3 Å². The van der Waals surface area contributed by atoms with Crippen LogP contribution >= 0.6 is 0 Å². The van der Waals surface area contributed by atoms with Gasteiger partial charge in [0, 0.05) is 18.4 Å². The third kappa shape index (κ3) is 2.57. The lowest BCUT2D eigenvalue weighted by Gasteiger charge is -2.27. The number of hydrogen-bond donors (Lipinski definition) is 1. The van der Waals surface area contributed by atoms with Gasteiger partial charge >= 0.3 is 11.7 Å². The molecular weight excluding hydrogens is 339 g/mol. The van der Waals surface area contributed by atoms with Crippen molar-refractivity contribution in [1.29, 1.82) is 0 Å². The molecule has 0 bridgehead atoms. The molecule has 2 heterocycles. The first-order chi connectivity index (χ1) is 12.4. The predicted octanol–water partition coefficient (Wildman–Crippen LogP) is 1.77. The zero-order valence-corrected chi connectivity index (χ0v) is 14.4. The van der Waals surface area contributed by atoms with Gasteiger partial charge in [0.15, 0.2) is 0 Å². The number of ether oxygens (including phenoxy) is 1. The molecule has 0 aromatic carbocycles. The fourth-order valence-corrected chi connectivity index (χ4v) is 4.89. The van der Waals surface area contributed by atoms with Gasteiger partial charge in [-0.25, -0.2) is 4.79 Å². The van der Waals surface area contributed by atoms with E-state index in [0.29, 0.717) is 0 Å². The van der Waals surface area contributed by atoms with Gasteiger partial charge < -0.3 is 4.74 Å². The second-order valence-electron chi connectivity index (χ2n) is 7.59. The molecule has 0 spiro atoms. The molecule has 7 heteroatoms. The fourth-order valence-electron chi connectivity index (χ4n) is 4.89. The molecule has 138 valence electrons. The summed E-state index contributed by atoms with van der Waals surface area (Å²) in [6.45, 7) is 8.37. The van der Waals surface area contributed by atoms with Crippen molar-refractivity contribution in [2.75, 3.05) is 0 Å². The largest absolute Gasteiger partial charge is 0.461 e. The van der Waals surface area contributed by atoms with Gasteiger partial charge in [0.25, 0.3) is 5.56 Å². The topological polar surface area (TPSA) is 81.2 Å². The molecule has 1 saturated heterocycles. The van der Waals surface area contributed by atoms with E-state index in [1.165, 1.54) is 5.57 Å². The van der Waals surface area contributed by atoms with Gasteiger partial charge in [-0.2, -0.15) is 4.39 Å². The minimum Gasteiger partial charge on any atom is -0.461 e. The maximum absolute atomic E-state index is 13.6. The lowest BCUT2D eigenvalue weighted by Crippen LogP contribution is -2.36. The zero-order chi connectivity index (χ0) is 18.6. The van der Waals surface area contributed by atoms with Crippen molar-refractivity contribution in [3.63, 3.8) is 0 Å². The van der Waals surface area contributed by atoms with Crippen LogP contribution in [-0.2, 0) is 16.1 Å². The van der Waals surface area contributed by atoms with E-state index < -0.39 is 23.0 Å². The number of halogens is 1. The minimum atomic E-state index is -1.06. The average molecular weight is 360 g/mol. The lowest BCUT2D eigenvalue weighted by atomic mass is 9.79. The number of nitrogens with zero attached hydrogens (tertiary/aromatic N) is 1. The van der Waals surface area contributed by atoms with Crippen molar-refractivity contribution in [3.05, 3.63) is 57.2 Å². The Morgan fingerprint density at radius 1 is 1.19 bits per heavy atom. The van der Waals surface area contributed by atoms with Crippen molar-refractivity contribution in [1.82, 2.24) is 9.55 Å². The number of allylic oxidation sites excluding steroid dienone is 1. The number of fused-ring (bicyclic) bond motifs is 3. The number of nitrogens with one attached hydrogen (secondary N) is 1. The molecule has 3 aliphatic rings. The maximum Gasteiger partial charge on any atom is 0.328 e. The van der Waals surface area contributed by atoms with Crippen LogP contribution in [0.5, 0.6) is 0 Å². The molecule has 3 fully saturated rings. The van der Waals surface area contributed by atoms with E-state index in [9.17, 15) is 18.8 Å². The summed E-state index contributed by atoms with van der Waals surface area (Å²) in [6, 6.07) is 0. The predicted molar refractivity (Wildman–Crippen MR) is 91.9 cm³/mol. The van der Waals surface area contributed by atoms with E-state index in [-0.39, 0.29) is 36.4 Å². The average Bonchev–Trinajstić information content (AvgIpc) is 3.06. The van der Waals surface area contributed by atoms with Crippen LogP contribution in [0, 0.1) is 29.5 Å². The Morgan fingerprint density at radius 2 is 1.92 bits per heavy atom. The van der Waals surface area contributed by atoms with Gasteiger partial charge in [-0.3, -0.25) is 19.1 Å². The van der Waals surface area contributed by atoms with Crippen LogP contribution in [0.3, 0.4) is 0 Å². The third-order valence-electron chi connectivity index (χ3n) is 6.21. The number of carbonyl (C=O) groups is 1. The Labute approximate surface area is 149 Å². The van der Waals surface area contributed by atoms with Gasteiger partial charge in [0.2, 0.25) is 5.82 Å². The summed E-state index contributed by atoms with van der Waals surface area (Å²) in [5.41, 5.74) is 0.474. The number of rotatable bonds is 2. The second kappa shape index (κ2) is 6.07. The highest BCUT2D eigenvalue weighted by Crippen LogP contribution is 2.52. The molecule has 0 radical (unpaired) electrons. The van der Waals surface area contributed by atoms with Crippen LogP contribution in [0.25, 0.3) is 0 Å². The molecule has 5 atom stereocenters. The number of hydrogen-bond acceptors (Lipinski definition) is 4. The molecule has 1 aromatic heterocycles. The zero-order valence-electron chi connectivity index (χ0n) is 14.4. The van der Waals surface area contributed by atoms with Crippen LogP contribution in [0.2, 0.25) is 0 Å². The first kappa shape index (κ1) is 17.0. The lowest BCUT2D eigenvalue weighted by molar-refractivity contribution is -0.146. The monoisotopic (exact) mass is 360 g/mol. The first-order valence-corrected chi connectivity index (χ1v) is 8.92. The molecule has 26 heavy (non-hydrogen) atoms. The van der Waals surface area contributed by atoms with Gasteiger partial charge in [0.1, 0.15) is 6.10 Å². The molecule has 1 aromatic rings. The fraction of sp³-hybridized carbons (Fsp3) is 0.526. The Hall–Kier alpha value is -2.44. The second-order valence-corrected chi connectivity index (χ2v) is 7.59. The normalized spacial score (nSPS) is 33.6. The molecule has 2 saturated carbocycles. The van der Waals surface area contributed by atoms with Gasteiger partial charge in [-0.15, -0.1) is 0 Å². The smallest absolute Gasteiger partial charge is 0.328 e. The van der Waals surface area contributed by atoms with Crippen LogP contribution in [0.4, 0.5) is 4.39 Å². The number of H-pyrrole nitrogens is 1. The van der Waals surface area contributed by atoms with Crippen LogP contribution in [0.15, 0.2) is 40.1 Å². The number of aromatic amines is 1. The van der Waals surface area contributed by atoms with Gasteiger partial charge in [-0.05, 0) is 31.6 Å². The minimum absolute atomic E-state index is 0.0110. The Morgan fingerprint density at radius 3 is 2.69 bits per heavy atom. The molecule has 6 nitrogen and oxygen atoms in total. The molecule has 2 aliphatic carbocycles. The number of carbonyl (C=O) groups excluding carboxylic acids is 1. The van der Waals surface area contributed by atoms with Crippen molar-refractivity contribution in [2.24, 2.45) is 23.7 Å². The van der Waals surface area contributed by atoms with Gasteiger partial charge in [-0.1, -0.05) is 24.3 Å². The summed E-state index contributed by atoms with van der Waals surface area (Å²) in [4.78, 5) is 37.6. The highest BCUT2D eigenvalue weighted by atomic mass is 19.1. The van der Waals surface area contributed by atoms with Crippen molar-refractivity contribution >= 4 is 5.97 Å². The highest BCUT2D eigenvalue weighted by Gasteiger charge is 2.53. The van der Waals surface area contributed by atoms with E-state index in [1.54, 1.807) is 0 Å². The molecule has 1 N–H and O–H groups in total. The Bertz CT molecular complexity index is 915. The summed E-state index contributed by atoms with van der Waals surface area (Å²) in [5, 5.41) is 0. The van der Waals surface area contributed by atoms with Crippen molar-refractivity contribution in [3.8, 4) is 0 Å². The van der Waals surface area contributed by atoms with Crippen LogP contribution < -0.4 is 11.2 Å². The van der Waals surface area contributed by atoms with Gasteiger partial charge in [0.05, 0.1) is 12.1 Å². The number of aromatic nitrogens is 2. The molecule has 0 amide bonds. The van der Waals surface area contributed by atoms with E-state index in [1.807, 2.05) is 4.98 Å². The van der Waals surface area contributed by atoms with Crippen LogP contribution in [0.1, 0.15) is 25.7 Å². The number of esters is 1.